The molecule has 0 radical (unpaired) electrons. The van der Waals surface area contributed by atoms with E-state index in [0.29, 0.717) is 11.9 Å². The quantitative estimate of drug-likeness (QED) is 0.708. The fourth-order valence-electron chi connectivity index (χ4n) is 1.67. The molecule has 0 bridgehead atoms. The van der Waals surface area contributed by atoms with Crippen LogP contribution < -0.4 is 5.32 Å². The molecule has 0 saturated carbocycles. The maximum absolute atomic E-state index is 12.7. The highest BCUT2D eigenvalue weighted by atomic mass is 19.1. The van der Waals surface area contributed by atoms with Gasteiger partial charge in [-0.25, -0.2) is 9.97 Å². The number of rotatable bonds is 2. The minimum absolute atomic E-state index is 0.370. The van der Waals surface area contributed by atoms with Crippen molar-refractivity contribution in [3.05, 3.63) is 18.3 Å². The van der Waals surface area contributed by atoms with Crippen molar-refractivity contribution in [2.24, 2.45) is 0 Å². The van der Waals surface area contributed by atoms with Gasteiger partial charge in [0, 0.05) is 18.7 Å². The number of aromatic nitrogens is 2. The summed E-state index contributed by atoms with van der Waals surface area (Å²) in [5.74, 6) is 0.0756. The number of nitrogens with zero attached hydrogens (tertiary/aromatic N) is 3. The molecule has 0 aromatic carbocycles. The first-order chi connectivity index (χ1) is 6.74. The second-order valence-corrected chi connectivity index (χ2v) is 3.62. The first-order valence-corrected chi connectivity index (χ1v) is 4.66. The summed E-state index contributed by atoms with van der Waals surface area (Å²) >= 11 is 0. The standard InChI is InChI=1S/C9H13FN4/c1-14-3-2-7(5-14)13-9-4-8(10)11-6-12-9/h4,6-7H,2-3,5H2,1H3,(H,11,12,13). The van der Waals surface area contributed by atoms with Crippen LogP contribution in [0.25, 0.3) is 0 Å². The van der Waals surface area contributed by atoms with Gasteiger partial charge in [-0.15, -0.1) is 0 Å². The van der Waals surface area contributed by atoms with Crippen LogP contribution in [0.15, 0.2) is 12.4 Å². The van der Waals surface area contributed by atoms with Crippen molar-refractivity contribution in [3.63, 3.8) is 0 Å². The van der Waals surface area contributed by atoms with Crippen LogP contribution in [0.3, 0.4) is 0 Å². The average Bonchev–Trinajstić information content (AvgIpc) is 2.51. The number of likely N-dealkylation sites (N-methyl/N-ethyl adjacent to an activating group) is 1. The maximum Gasteiger partial charge on any atom is 0.217 e. The van der Waals surface area contributed by atoms with E-state index < -0.39 is 5.95 Å². The highest BCUT2D eigenvalue weighted by Crippen LogP contribution is 2.12. The summed E-state index contributed by atoms with van der Waals surface area (Å²) in [6.45, 7) is 2.05. The molecule has 1 aliphatic rings. The molecule has 1 aromatic heterocycles. The summed E-state index contributed by atoms with van der Waals surface area (Å²) < 4.78 is 12.7. The molecule has 5 heteroatoms. The van der Waals surface area contributed by atoms with E-state index in [1.807, 2.05) is 0 Å². The van der Waals surface area contributed by atoms with Gasteiger partial charge in [0.05, 0.1) is 0 Å². The monoisotopic (exact) mass is 196 g/mol. The summed E-state index contributed by atoms with van der Waals surface area (Å²) in [5, 5.41) is 3.18. The second kappa shape index (κ2) is 3.88. The van der Waals surface area contributed by atoms with Crippen LogP contribution in [0.1, 0.15) is 6.42 Å². The van der Waals surface area contributed by atoms with E-state index in [-0.39, 0.29) is 0 Å². The lowest BCUT2D eigenvalue weighted by Crippen LogP contribution is -2.24. The van der Waals surface area contributed by atoms with Crippen molar-refractivity contribution in [1.29, 1.82) is 0 Å². The van der Waals surface area contributed by atoms with Gasteiger partial charge in [0.25, 0.3) is 0 Å². The number of hydrogen-bond donors (Lipinski definition) is 1. The first-order valence-electron chi connectivity index (χ1n) is 4.66. The fourth-order valence-corrected chi connectivity index (χ4v) is 1.67. The SMILES string of the molecule is CN1CCC(Nc2cc(F)ncn2)C1. The molecule has 0 aliphatic carbocycles. The van der Waals surface area contributed by atoms with E-state index in [4.69, 9.17) is 0 Å². The molecule has 2 heterocycles. The Morgan fingerprint density at radius 3 is 3.07 bits per heavy atom. The molecular weight excluding hydrogens is 183 g/mol. The zero-order valence-electron chi connectivity index (χ0n) is 8.07. The van der Waals surface area contributed by atoms with Crippen LogP contribution in [-0.2, 0) is 0 Å². The fraction of sp³-hybridized carbons (Fsp3) is 0.556. The van der Waals surface area contributed by atoms with Crippen molar-refractivity contribution in [2.75, 3.05) is 25.5 Å². The van der Waals surface area contributed by atoms with Crippen LogP contribution in [0.5, 0.6) is 0 Å². The average molecular weight is 196 g/mol. The Labute approximate surface area is 82.2 Å². The van der Waals surface area contributed by atoms with Crippen molar-refractivity contribution in [3.8, 4) is 0 Å². The Morgan fingerprint density at radius 1 is 1.57 bits per heavy atom. The molecule has 4 nitrogen and oxygen atoms in total. The molecule has 1 aromatic rings. The van der Waals surface area contributed by atoms with Crippen molar-refractivity contribution in [1.82, 2.24) is 14.9 Å². The Kier molecular flexibility index (Phi) is 2.58. The van der Waals surface area contributed by atoms with E-state index >= 15 is 0 Å². The summed E-state index contributed by atoms with van der Waals surface area (Å²) in [6.07, 6.45) is 2.30. The van der Waals surface area contributed by atoms with Crippen LogP contribution in [-0.4, -0.2) is 41.0 Å². The highest BCUT2D eigenvalue weighted by Gasteiger charge is 2.19. The summed E-state index contributed by atoms with van der Waals surface area (Å²) in [5.41, 5.74) is 0. The van der Waals surface area contributed by atoms with Crippen LogP contribution in [0.4, 0.5) is 10.2 Å². The summed E-state index contributed by atoms with van der Waals surface area (Å²) in [6, 6.07) is 1.69. The molecule has 1 unspecified atom stereocenters. The van der Waals surface area contributed by atoms with Gasteiger partial charge >= 0.3 is 0 Å². The molecule has 2 rings (SSSR count). The van der Waals surface area contributed by atoms with Crippen LogP contribution >= 0.6 is 0 Å². The minimum Gasteiger partial charge on any atom is -0.366 e. The van der Waals surface area contributed by atoms with Gasteiger partial charge in [-0.05, 0) is 20.0 Å². The first kappa shape index (κ1) is 9.33. The lowest BCUT2D eigenvalue weighted by atomic mass is 10.2. The molecular formula is C9H13FN4. The van der Waals surface area contributed by atoms with Gasteiger partial charge in [0.1, 0.15) is 12.1 Å². The van der Waals surface area contributed by atoms with E-state index in [9.17, 15) is 4.39 Å². The van der Waals surface area contributed by atoms with Gasteiger partial charge in [0.2, 0.25) is 5.95 Å². The lowest BCUT2D eigenvalue weighted by Gasteiger charge is -2.12. The van der Waals surface area contributed by atoms with E-state index in [1.54, 1.807) is 0 Å². The topological polar surface area (TPSA) is 41.0 Å². The second-order valence-electron chi connectivity index (χ2n) is 3.62. The molecule has 0 amide bonds. The van der Waals surface area contributed by atoms with Gasteiger partial charge in [-0.1, -0.05) is 0 Å². The predicted octanol–water partition coefficient (Wildman–Crippen LogP) is 0.732. The Hall–Kier alpha value is -1.23. The molecule has 1 saturated heterocycles. The molecule has 76 valence electrons. The number of likely N-dealkylation sites (tertiary alicyclic amines) is 1. The number of halogens is 1. The van der Waals surface area contributed by atoms with E-state index in [0.717, 1.165) is 19.5 Å². The van der Waals surface area contributed by atoms with E-state index in [2.05, 4.69) is 27.2 Å². The molecule has 14 heavy (non-hydrogen) atoms. The number of anilines is 1. The lowest BCUT2D eigenvalue weighted by molar-refractivity contribution is 0.414. The third-order valence-corrected chi connectivity index (χ3v) is 2.38. The molecule has 1 fully saturated rings. The van der Waals surface area contributed by atoms with Gasteiger partial charge < -0.3 is 10.2 Å². The third kappa shape index (κ3) is 2.17. The number of nitrogens with one attached hydrogen (secondary N) is 1. The Bertz CT molecular complexity index is 317. The molecule has 1 N–H and O–H groups in total. The predicted molar refractivity (Wildman–Crippen MR) is 51.5 cm³/mol. The zero-order valence-corrected chi connectivity index (χ0v) is 8.07. The summed E-state index contributed by atoms with van der Waals surface area (Å²) in [4.78, 5) is 9.58. The Morgan fingerprint density at radius 2 is 2.43 bits per heavy atom. The molecule has 1 aliphatic heterocycles. The minimum atomic E-state index is -0.492. The van der Waals surface area contributed by atoms with Crippen molar-refractivity contribution >= 4 is 5.82 Å². The van der Waals surface area contributed by atoms with Crippen LogP contribution in [0.2, 0.25) is 0 Å². The Balaban J connectivity index is 1.97. The highest BCUT2D eigenvalue weighted by molar-refractivity contribution is 5.33. The molecule has 0 spiro atoms. The number of hydrogen-bond acceptors (Lipinski definition) is 4. The van der Waals surface area contributed by atoms with Gasteiger partial charge in [0.15, 0.2) is 0 Å². The van der Waals surface area contributed by atoms with Crippen LogP contribution in [0, 0.1) is 5.95 Å². The van der Waals surface area contributed by atoms with Gasteiger partial charge in [-0.2, -0.15) is 4.39 Å². The van der Waals surface area contributed by atoms with E-state index in [1.165, 1.54) is 12.4 Å². The van der Waals surface area contributed by atoms with Crippen molar-refractivity contribution < 1.29 is 4.39 Å². The normalized spacial score (nSPS) is 22.6. The summed E-state index contributed by atoms with van der Waals surface area (Å²) in [7, 11) is 2.07. The van der Waals surface area contributed by atoms with Crippen molar-refractivity contribution in [2.45, 2.75) is 12.5 Å². The molecule has 1 atom stereocenters. The maximum atomic E-state index is 12.7. The largest absolute Gasteiger partial charge is 0.366 e. The smallest absolute Gasteiger partial charge is 0.217 e. The van der Waals surface area contributed by atoms with Gasteiger partial charge in [-0.3, -0.25) is 0 Å². The third-order valence-electron chi connectivity index (χ3n) is 2.38. The zero-order chi connectivity index (χ0) is 9.97.